The maximum atomic E-state index is 12.7. The zero-order valence-corrected chi connectivity index (χ0v) is 22.5. The van der Waals surface area contributed by atoms with Crippen molar-refractivity contribution in [3.8, 4) is 5.75 Å². The van der Waals surface area contributed by atoms with Crippen LogP contribution in [0.25, 0.3) is 0 Å². The number of sulfone groups is 1. The molecule has 0 spiro atoms. The Labute approximate surface area is 221 Å². The van der Waals surface area contributed by atoms with E-state index in [1.807, 2.05) is 18.2 Å². The minimum Gasteiger partial charge on any atom is -0.497 e. The monoisotopic (exact) mass is 542 g/mol. The molecule has 196 valence electrons. The highest BCUT2D eigenvalue weighted by atomic mass is 32.2. The van der Waals surface area contributed by atoms with Crippen LogP contribution in [-0.4, -0.2) is 51.7 Å². The van der Waals surface area contributed by atoms with E-state index in [4.69, 9.17) is 9.47 Å². The van der Waals surface area contributed by atoms with Crippen molar-refractivity contribution in [1.82, 2.24) is 4.90 Å². The van der Waals surface area contributed by atoms with Crippen LogP contribution in [0.4, 0.5) is 5.00 Å². The standard InChI is InChI=1S/C27H30N2O6S2/c1-34-20-10-12-21(13-11-20)37(32,33)16-6-9-24(30)28-26-25(27(31)35-2)22-14-15-29(18-23(22)36-26)17-19-7-4-3-5-8-19/h3-5,7-8,10-13H,6,9,14-18H2,1-2H3,(H,28,30). The van der Waals surface area contributed by atoms with Crippen molar-refractivity contribution in [2.75, 3.05) is 31.8 Å². The first-order valence-electron chi connectivity index (χ1n) is 12.0. The molecule has 1 aromatic heterocycles. The van der Waals surface area contributed by atoms with Crippen molar-refractivity contribution in [3.63, 3.8) is 0 Å². The van der Waals surface area contributed by atoms with Gasteiger partial charge in [0, 0.05) is 30.9 Å². The molecule has 4 rings (SSSR count). The highest BCUT2D eigenvalue weighted by Crippen LogP contribution is 2.38. The van der Waals surface area contributed by atoms with Crippen LogP contribution in [0, 0.1) is 0 Å². The lowest BCUT2D eigenvalue weighted by Crippen LogP contribution is -2.29. The second-order valence-electron chi connectivity index (χ2n) is 8.79. The molecule has 37 heavy (non-hydrogen) atoms. The van der Waals surface area contributed by atoms with E-state index in [0.717, 1.165) is 23.5 Å². The number of amides is 1. The van der Waals surface area contributed by atoms with Gasteiger partial charge in [-0.05, 0) is 48.2 Å². The number of benzene rings is 2. The Bertz CT molecular complexity index is 1350. The minimum atomic E-state index is -3.53. The summed E-state index contributed by atoms with van der Waals surface area (Å²) >= 11 is 1.38. The largest absolute Gasteiger partial charge is 0.497 e. The Kier molecular flexibility index (Phi) is 8.63. The van der Waals surface area contributed by atoms with Crippen molar-refractivity contribution in [3.05, 3.63) is 76.2 Å². The van der Waals surface area contributed by atoms with Gasteiger partial charge in [0.25, 0.3) is 0 Å². The molecular weight excluding hydrogens is 512 g/mol. The van der Waals surface area contributed by atoms with Crippen molar-refractivity contribution in [1.29, 1.82) is 0 Å². The summed E-state index contributed by atoms with van der Waals surface area (Å²) in [5.41, 5.74) is 2.54. The Morgan fingerprint density at radius 2 is 1.78 bits per heavy atom. The molecule has 1 amide bonds. The zero-order chi connectivity index (χ0) is 26.4. The lowest BCUT2D eigenvalue weighted by Gasteiger charge is -2.27. The van der Waals surface area contributed by atoms with Crippen LogP contribution >= 0.6 is 11.3 Å². The maximum absolute atomic E-state index is 12.7. The van der Waals surface area contributed by atoms with Gasteiger partial charge >= 0.3 is 5.97 Å². The molecule has 0 atom stereocenters. The fraction of sp³-hybridized carbons (Fsp3) is 0.333. The SMILES string of the molecule is COC(=O)c1c(NC(=O)CCCS(=O)(=O)c2ccc(OC)cc2)sc2c1CCN(Cc1ccccc1)C2. The average Bonchev–Trinajstić information content (AvgIpc) is 3.25. The summed E-state index contributed by atoms with van der Waals surface area (Å²) in [5.74, 6) is -0.408. The van der Waals surface area contributed by atoms with E-state index in [-0.39, 0.29) is 29.4 Å². The number of nitrogens with one attached hydrogen (secondary N) is 1. The summed E-state index contributed by atoms with van der Waals surface area (Å²) in [5, 5.41) is 3.30. The summed E-state index contributed by atoms with van der Waals surface area (Å²) in [6.45, 7) is 2.27. The lowest BCUT2D eigenvalue weighted by molar-refractivity contribution is -0.116. The minimum absolute atomic E-state index is 0.0126. The van der Waals surface area contributed by atoms with Gasteiger partial charge in [0.2, 0.25) is 5.91 Å². The highest BCUT2D eigenvalue weighted by Gasteiger charge is 2.29. The zero-order valence-electron chi connectivity index (χ0n) is 20.9. The van der Waals surface area contributed by atoms with Gasteiger partial charge in [-0.1, -0.05) is 30.3 Å². The van der Waals surface area contributed by atoms with Crippen molar-refractivity contribution >= 4 is 38.1 Å². The first-order chi connectivity index (χ1) is 17.8. The molecule has 1 aliphatic rings. The van der Waals surface area contributed by atoms with E-state index in [1.54, 1.807) is 12.1 Å². The first kappa shape index (κ1) is 26.8. The molecule has 0 fully saturated rings. The van der Waals surface area contributed by atoms with Gasteiger partial charge in [0.05, 0.1) is 30.4 Å². The Morgan fingerprint density at radius 1 is 1.05 bits per heavy atom. The topological polar surface area (TPSA) is 102 Å². The van der Waals surface area contributed by atoms with Crippen molar-refractivity contribution < 1.29 is 27.5 Å². The van der Waals surface area contributed by atoms with Gasteiger partial charge in [-0.3, -0.25) is 9.69 Å². The van der Waals surface area contributed by atoms with Gasteiger partial charge in [-0.2, -0.15) is 0 Å². The number of thiophene rings is 1. The quantitative estimate of drug-likeness (QED) is 0.381. The summed E-state index contributed by atoms with van der Waals surface area (Å²) in [6.07, 6.45) is 0.849. The van der Waals surface area contributed by atoms with E-state index in [1.165, 1.54) is 43.3 Å². The fourth-order valence-electron chi connectivity index (χ4n) is 4.35. The van der Waals surface area contributed by atoms with E-state index < -0.39 is 15.8 Å². The molecule has 0 saturated carbocycles. The van der Waals surface area contributed by atoms with Gasteiger partial charge in [0.15, 0.2) is 9.84 Å². The first-order valence-corrected chi connectivity index (χ1v) is 14.4. The van der Waals surface area contributed by atoms with E-state index in [0.29, 0.717) is 29.3 Å². The molecular formula is C27H30N2O6S2. The van der Waals surface area contributed by atoms with Crippen LogP contribution in [0.5, 0.6) is 5.75 Å². The Hall–Kier alpha value is -3.21. The number of nitrogens with zero attached hydrogens (tertiary/aromatic N) is 1. The molecule has 8 nitrogen and oxygen atoms in total. The van der Waals surface area contributed by atoms with Crippen LogP contribution in [0.3, 0.4) is 0 Å². The van der Waals surface area contributed by atoms with E-state index in [2.05, 4.69) is 22.3 Å². The summed E-state index contributed by atoms with van der Waals surface area (Å²) < 4.78 is 35.3. The molecule has 2 aromatic carbocycles. The lowest BCUT2D eigenvalue weighted by atomic mass is 10.0. The molecule has 0 unspecified atom stereocenters. The molecule has 0 aliphatic carbocycles. The number of methoxy groups -OCH3 is 2. The van der Waals surface area contributed by atoms with E-state index in [9.17, 15) is 18.0 Å². The summed E-state index contributed by atoms with van der Waals surface area (Å²) in [6, 6.07) is 16.4. The second kappa shape index (κ2) is 11.9. The second-order valence-corrected chi connectivity index (χ2v) is 12.0. The molecule has 1 N–H and O–H groups in total. The molecule has 0 radical (unpaired) electrons. The number of ether oxygens (including phenoxy) is 2. The smallest absolute Gasteiger partial charge is 0.341 e. The molecule has 3 aromatic rings. The molecule has 2 heterocycles. The third kappa shape index (κ3) is 6.57. The predicted octanol–water partition coefficient (Wildman–Crippen LogP) is 4.29. The number of hydrogen-bond acceptors (Lipinski definition) is 8. The van der Waals surface area contributed by atoms with Crippen LogP contribution in [0.15, 0.2) is 59.5 Å². The normalized spacial score (nSPS) is 13.6. The highest BCUT2D eigenvalue weighted by molar-refractivity contribution is 7.91. The third-order valence-electron chi connectivity index (χ3n) is 6.26. The Morgan fingerprint density at radius 3 is 2.46 bits per heavy atom. The van der Waals surface area contributed by atoms with E-state index >= 15 is 0 Å². The molecule has 0 saturated heterocycles. The fourth-order valence-corrected chi connectivity index (χ4v) is 6.96. The van der Waals surface area contributed by atoms with Crippen LogP contribution in [-0.2, 0) is 38.9 Å². The predicted molar refractivity (Wildman–Crippen MR) is 143 cm³/mol. The molecule has 1 aliphatic heterocycles. The van der Waals surface area contributed by atoms with Crippen molar-refractivity contribution in [2.24, 2.45) is 0 Å². The van der Waals surface area contributed by atoms with Crippen LogP contribution < -0.4 is 10.1 Å². The Balaban J connectivity index is 1.40. The molecule has 0 bridgehead atoms. The number of esters is 1. The third-order valence-corrected chi connectivity index (χ3v) is 9.21. The van der Waals surface area contributed by atoms with Gasteiger partial charge in [-0.25, -0.2) is 13.2 Å². The van der Waals surface area contributed by atoms with Crippen molar-refractivity contribution in [2.45, 2.75) is 37.2 Å². The van der Waals surface area contributed by atoms with Gasteiger partial charge < -0.3 is 14.8 Å². The van der Waals surface area contributed by atoms with Gasteiger partial charge in [-0.15, -0.1) is 11.3 Å². The van der Waals surface area contributed by atoms with Crippen LogP contribution in [0.2, 0.25) is 0 Å². The van der Waals surface area contributed by atoms with Crippen LogP contribution in [0.1, 0.15) is 39.2 Å². The number of anilines is 1. The maximum Gasteiger partial charge on any atom is 0.341 e. The molecule has 10 heteroatoms. The summed E-state index contributed by atoms with van der Waals surface area (Å²) in [4.78, 5) is 28.8. The summed E-state index contributed by atoms with van der Waals surface area (Å²) in [7, 11) is -0.688. The number of fused-ring (bicyclic) bond motifs is 1. The van der Waals surface area contributed by atoms with Gasteiger partial charge in [0.1, 0.15) is 10.8 Å². The average molecular weight is 543 g/mol. The number of carbonyl (C=O) groups is 2. The number of hydrogen-bond donors (Lipinski definition) is 1. The number of rotatable bonds is 10. The number of carbonyl (C=O) groups excluding carboxylic acids is 2.